The van der Waals surface area contributed by atoms with Crippen molar-refractivity contribution in [1.82, 2.24) is 29.3 Å². The molecule has 2 saturated heterocycles. The van der Waals surface area contributed by atoms with Crippen LogP contribution in [0.25, 0.3) is 44.6 Å². The molecule has 0 saturated carbocycles. The summed E-state index contributed by atoms with van der Waals surface area (Å²) in [6, 6.07) is 43.5. The number of amides is 1. The molecule has 3 aliphatic heterocycles. The van der Waals surface area contributed by atoms with Crippen LogP contribution in [0, 0.1) is 5.92 Å². The van der Waals surface area contributed by atoms with Gasteiger partial charge in [-0.25, -0.2) is 23.7 Å². The SMILES string of the molecule is CN(c1ccccc1)c1ccc2c(-c3ccccc3CN3CCC(C(=O)NCNc4ccnc5c4ncn5[C@H]4CC(O)[C@@H](COP(=O)(O)OP(=O)(O)OP(=O)(O)O)O4)CC3)c3ccc(=[N+](C)c4ccccc4)cc-3oc2c1. The van der Waals surface area contributed by atoms with E-state index in [4.69, 9.17) is 18.9 Å². The van der Waals surface area contributed by atoms with E-state index in [2.05, 4.69) is 147 Å². The fourth-order valence-electron chi connectivity index (χ4n) is 9.84. The number of fused-ring (bicyclic) bond motifs is 3. The third-order valence-electron chi connectivity index (χ3n) is 13.7. The third kappa shape index (κ3) is 12.5. The summed E-state index contributed by atoms with van der Waals surface area (Å²) in [5, 5.41) is 18.9. The summed E-state index contributed by atoms with van der Waals surface area (Å²) in [6.07, 6.45) is 0.844. The number of piperidine rings is 1. The van der Waals surface area contributed by atoms with Crippen LogP contribution in [-0.4, -0.2) is 103 Å². The molecule has 0 bridgehead atoms. The lowest BCUT2D eigenvalue weighted by molar-refractivity contribution is -0.126. The molecule has 25 heteroatoms. The molecular weight excluding hydrogens is 1050 g/mol. The van der Waals surface area contributed by atoms with Gasteiger partial charge in [-0.05, 0) is 73.5 Å². The Hall–Kier alpha value is -6.45. The number of carbonyl (C=O) groups is 1. The minimum Gasteiger partial charge on any atom is -0.456 e. The van der Waals surface area contributed by atoms with E-state index in [1.807, 2.05) is 36.4 Å². The summed E-state index contributed by atoms with van der Waals surface area (Å²) in [5.74, 6) is 0.483. The molecule has 22 nitrogen and oxygen atoms in total. The van der Waals surface area contributed by atoms with Crippen molar-refractivity contribution in [2.45, 2.75) is 44.2 Å². The molecule has 4 aliphatic rings. The molecule has 4 aromatic carbocycles. The maximum atomic E-state index is 13.6. The average molecular weight is 1110 g/mol. The van der Waals surface area contributed by atoms with Gasteiger partial charge in [0.1, 0.15) is 36.2 Å². The third-order valence-corrected chi connectivity index (χ3v) is 17.5. The Bertz CT molecular complexity index is 3630. The number of imidazole rings is 1. The van der Waals surface area contributed by atoms with E-state index < -0.39 is 48.5 Å². The number of hydrogen-bond donors (Lipinski definition) is 7. The van der Waals surface area contributed by atoms with Crippen LogP contribution in [0.5, 0.6) is 0 Å². The smallest absolute Gasteiger partial charge is 0.456 e. The number of nitrogens with one attached hydrogen (secondary N) is 2. The summed E-state index contributed by atoms with van der Waals surface area (Å²) in [5.41, 5.74) is 9.58. The highest BCUT2D eigenvalue weighted by Gasteiger charge is 2.43. The Morgan fingerprint density at radius 1 is 0.831 bits per heavy atom. The Balaban J connectivity index is 0.787. The monoisotopic (exact) mass is 1110 g/mol. The Morgan fingerprint density at radius 2 is 1.56 bits per heavy atom. The second kappa shape index (κ2) is 22.5. The zero-order chi connectivity index (χ0) is 54.1. The number of pyridine rings is 1. The molecule has 7 N–H and O–H groups in total. The van der Waals surface area contributed by atoms with Gasteiger partial charge in [-0.2, -0.15) is 13.2 Å². The van der Waals surface area contributed by atoms with Gasteiger partial charge in [-0.15, -0.1) is 0 Å². The lowest BCUT2D eigenvalue weighted by atomic mass is 9.90. The van der Waals surface area contributed by atoms with Crippen molar-refractivity contribution in [3.05, 3.63) is 151 Å². The molecule has 1 aliphatic carbocycles. The minimum atomic E-state index is -5.73. The average Bonchev–Trinajstić information content (AvgIpc) is 4.02. The van der Waals surface area contributed by atoms with Crippen molar-refractivity contribution in [3.8, 4) is 22.5 Å². The second-order valence-corrected chi connectivity index (χ2v) is 23.2. The van der Waals surface area contributed by atoms with E-state index in [1.165, 1.54) is 17.1 Å². The van der Waals surface area contributed by atoms with Gasteiger partial charge in [0.15, 0.2) is 5.65 Å². The van der Waals surface area contributed by atoms with Crippen LogP contribution < -0.4 is 25.5 Å². The number of anilines is 3. The van der Waals surface area contributed by atoms with Crippen molar-refractivity contribution in [3.63, 3.8) is 0 Å². The first-order valence-corrected chi connectivity index (χ1v) is 29.1. The first-order chi connectivity index (χ1) is 36.9. The Labute approximate surface area is 441 Å². The molecule has 0 radical (unpaired) electrons. The van der Waals surface area contributed by atoms with E-state index >= 15 is 0 Å². The fraction of sp³-hybridized carbons (Fsp3) is 0.269. The quantitative estimate of drug-likeness (QED) is 0.0186. The van der Waals surface area contributed by atoms with E-state index in [0.29, 0.717) is 36.2 Å². The first kappa shape index (κ1) is 53.9. The standard InChI is InChI=1S/C52H55N8O14P3/c1-57(36-12-5-3-6-13-36)38-17-19-41-45(27-38)71-46-28-39(58(2)37-14-7-4-8-15-37)18-20-42(46)49(41)40-16-10-9-11-35(40)30-59-25-22-34(23-26-59)52(62)55-32-54-43-21-24-53-51-50(43)56-33-60(51)48-29-44(61)47(72-48)31-70-76(66,67)74-77(68,69)73-75(63,64)65/h3-21,24,27-28,33-34,44,47-48,61H,22-23,25-26,29-32H2,1-2H3,(H5-,53,54,55,62,63,64,65,66,67,68,69)/p+1/t44?,47-,48-/m1/s1. The minimum absolute atomic E-state index is 0.0435. The predicted octanol–water partition coefficient (Wildman–Crippen LogP) is 7.84. The van der Waals surface area contributed by atoms with E-state index in [-0.39, 0.29) is 24.9 Å². The van der Waals surface area contributed by atoms with Gasteiger partial charge in [0.2, 0.25) is 17.0 Å². The van der Waals surface area contributed by atoms with Crippen molar-refractivity contribution < 1.29 is 65.5 Å². The van der Waals surface area contributed by atoms with Crippen LogP contribution in [0.3, 0.4) is 0 Å². The normalized spacial score (nSPS) is 19.5. The molecule has 10 rings (SSSR count). The number of para-hydroxylation sites is 2. The number of carbonyl (C=O) groups excluding carboxylic acids is 1. The number of rotatable bonds is 18. The molecule has 2 fully saturated rings. The van der Waals surface area contributed by atoms with Gasteiger partial charge < -0.3 is 49.4 Å². The van der Waals surface area contributed by atoms with Gasteiger partial charge >= 0.3 is 23.5 Å². The van der Waals surface area contributed by atoms with Gasteiger partial charge in [0.05, 0.1) is 37.5 Å². The number of nitrogens with zero attached hydrogens (tertiary/aromatic N) is 6. The van der Waals surface area contributed by atoms with Crippen LogP contribution in [0.15, 0.2) is 144 Å². The highest BCUT2D eigenvalue weighted by atomic mass is 31.3. The van der Waals surface area contributed by atoms with E-state index in [0.717, 1.165) is 74.5 Å². The molecule has 2 aromatic heterocycles. The highest BCUT2D eigenvalue weighted by Crippen LogP contribution is 2.66. The number of phosphoric ester groups is 1. The second-order valence-electron chi connectivity index (χ2n) is 18.7. The number of likely N-dealkylation sites (tertiary alicyclic amines) is 1. The van der Waals surface area contributed by atoms with Crippen molar-refractivity contribution in [1.29, 1.82) is 0 Å². The number of ether oxygens (including phenoxy) is 1. The van der Waals surface area contributed by atoms with Crippen LogP contribution in [0.4, 0.5) is 22.7 Å². The van der Waals surface area contributed by atoms with Crippen LogP contribution in [0.2, 0.25) is 0 Å². The Kier molecular flexibility index (Phi) is 15.8. The van der Waals surface area contributed by atoms with Crippen LogP contribution in [-0.2, 0) is 42.9 Å². The molecule has 6 aromatic rings. The van der Waals surface area contributed by atoms with E-state index in [9.17, 15) is 33.4 Å². The molecule has 402 valence electrons. The number of aliphatic hydroxyl groups excluding tert-OH is 1. The van der Waals surface area contributed by atoms with Gasteiger partial charge in [-0.1, -0.05) is 60.7 Å². The van der Waals surface area contributed by atoms with Crippen LogP contribution >= 0.6 is 23.5 Å². The molecule has 0 spiro atoms. The van der Waals surface area contributed by atoms with Crippen molar-refractivity contribution in [2.75, 3.05) is 50.7 Å². The number of benzene rings is 5. The molecule has 3 unspecified atom stereocenters. The maximum Gasteiger partial charge on any atom is 0.490 e. The summed E-state index contributed by atoms with van der Waals surface area (Å²) in [6.45, 7) is 1.39. The van der Waals surface area contributed by atoms with Crippen molar-refractivity contribution >= 4 is 74.3 Å². The summed E-state index contributed by atoms with van der Waals surface area (Å²) < 4.78 is 63.4. The predicted molar refractivity (Wildman–Crippen MR) is 287 cm³/mol. The zero-order valence-electron chi connectivity index (χ0n) is 41.7. The number of aromatic nitrogens is 3. The van der Waals surface area contributed by atoms with E-state index in [1.54, 1.807) is 6.07 Å². The molecule has 1 amide bonds. The molecular formula is C52H56N8O14P3+. The molecule has 77 heavy (non-hydrogen) atoms. The topological polar surface area (TPSA) is 284 Å². The number of hydrogen-bond acceptors (Lipinski definition) is 15. The largest absolute Gasteiger partial charge is 0.490 e. The van der Waals surface area contributed by atoms with Gasteiger partial charge in [0, 0.05) is 84.3 Å². The number of aliphatic hydroxyl groups is 1. The van der Waals surface area contributed by atoms with Crippen LogP contribution in [0.1, 0.15) is 31.1 Å². The lowest BCUT2D eigenvalue weighted by Crippen LogP contribution is -2.41. The first-order valence-electron chi connectivity index (χ1n) is 24.6. The molecule has 5 atom stereocenters. The lowest BCUT2D eigenvalue weighted by Gasteiger charge is -2.32. The number of phosphoric acid groups is 3. The fourth-order valence-corrected chi connectivity index (χ4v) is 12.9. The zero-order valence-corrected chi connectivity index (χ0v) is 44.4. The maximum absolute atomic E-state index is 13.6. The Morgan fingerprint density at radius 3 is 2.31 bits per heavy atom. The summed E-state index contributed by atoms with van der Waals surface area (Å²) in [7, 11) is -12.6. The van der Waals surface area contributed by atoms with Crippen molar-refractivity contribution in [2.24, 2.45) is 5.92 Å². The summed E-state index contributed by atoms with van der Waals surface area (Å²) in [4.78, 5) is 63.8. The molecule has 5 heterocycles. The van der Waals surface area contributed by atoms with Gasteiger partial charge in [-0.3, -0.25) is 18.8 Å². The summed E-state index contributed by atoms with van der Waals surface area (Å²) >= 11 is 0. The highest BCUT2D eigenvalue weighted by molar-refractivity contribution is 7.66. The van der Waals surface area contributed by atoms with Gasteiger partial charge in [0.25, 0.3) is 0 Å².